The van der Waals surface area contributed by atoms with E-state index in [0.29, 0.717) is 43.3 Å². The van der Waals surface area contributed by atoms with E-state index in [2.05, 4.69) is 30.6 Å². The Morgan fingerprint density at radius 3 is 2.53 bits per heavy atom. The highest BCUT2D eigenvalue weighted by Crippen LogP contribution is 2.23. The average molecular weight is 525 g/mol. The average Bonchev–Trinajstić information content (AvgIpc) is 3.52. The molecule has 0 radical (unpaired) electrons. The molecule has 0 aliphatic carbocycles. The highest BCUT2D eigenvalue weighted by Gasteiger charge is 2.33. The van der Waals surface area contributed by atoms with Gasteiger partial charge < -0.3 is 19.4 Å². The van der Waals surface area contributed by atoms with Crippen molar-refractivity contribution in [2.45, 2.75) is 52.2 Å². The van der Waals surface area contributed by atoms with Crippen molar-refractivity contribution in [1.82, 2.24) is 40.3 Å². The first-order chi connectivity index (χ1) is 18.2. The Morgan fingerprint density at radius 1 is 1.13 bits per heavy atom. The summed E-state index contributed by atoms with van der Waals surface area (Å²) in [5.41, 5.74) is 0.203. The van der Waals surface area contributed by atoms with E-state index < -0.39 is 11.6 Å². The van der Waals surface area contributed by atoms with E-state index in [-0.39, 0.29) is 18.4 Å². The minimum absolute atomic E-state index is 0.172. The molecule has 0 bridgehead atoms. The van der Waals surface area contributed by atoms with E-state index in [0.717, 1.165) is 25.4 Å². The molecule has 3 aromatic rings. The Balaban J connectivity index is 1.57. The Hall–Kier alpha value is -3.64. The molecule has 3 aromatic heterocycles. The van der Waals surface area contributed by atoms with Gasteiger partial charge in [0, 0.05) is 44.1 Å². The normalized spacial score (nSPS) is 15.3. The number of amides is 2. The topological polar surface area (TPSA) is 132 Å². The van der Waals surface area contributed by atoms with Gasteiger partial charge >= 0.3 is 0 Å². The van der Waals surface area contributed by atoms with Crippen LogP contribution in [0.2, 0.25) is 0 Å². The molecule has 1 fully saturated rings. The summed E-state index contributed by atoms with van der Waals surface area (Å²) in [5, 5.41) is 15.5. The number of pyridine rings is 1. The van der Waals surface area contributed by atoms with Crippen LogP contribution in [0.5, 0.6) is 0 Å². The van der Waals surface area contributed by atoms with E-state index in [4.69, 9.17) is 9.15 Å². The van der Waals surface area contributed by atoms with Gasteiger partial charge in [0.1, 0.15) is 18.3 Å². The highest BCUT2D eigenvalue weighted by molar-refractivity contribution is 5.89. The first-order valence-corrected chi connectivity index (χ1v) is 12.9. The predicted molar refractivity (Wildman–Crippen MR) is 139 cm³/mol. The van der Waals surface area contributed by atoms with Crippen molar-refractivity contribution < 1.29 is 18.7 Å². The molecular weight excluding hydrogens is 488 g/mol. The highest BCUT2D eigenvalue weighted by atomic mass is 16.5. The second-order valence-electron chi connectivity index (χ2n) is 10.4. The van der Waals surface area contributed by atoms with Crippen LogP contribution in [0.15, 0.2) is 41.1 Å². The fraction of sp³-hybridized carbons (Fsp3) is 0.538. The minimum atomic E-state index is -0.842. The van der Waals surface area contributed by atoms with Crippen molar-refractivity contribution in [3.8, 4) is 11.6 Å². The number of carbonyl (C=O) groups excluding carboxylic acids is 2. The van der Waals surface area contributed by atoms with Gasteiger partial charge in [0.15, 0.2) is 5.76 Å². The lowest BCUT2D eigenvalue weighted by atomic mass is 10.0. The zero-order valence-corrected chi connectivity index (χ0v) is 22.5. The van der Waals surface area contributed by atoms with Gasteiger partial charge in [-0.25, -0.2) is 0 Å². The van der Waals surface area contributed by atoms with Crippen LogP contribution in [-0.2, 0) is 20.9 Å². The molecule has 38 heavy (non-hydrogen) atoms. The standard InChI is InChI=1S/C26H36N8O4/c1-19-6-7-21(38-19)24-29-31-34(30-24)18-22(35)33(13-5-12-32-14-16-37-17-15-32)23(20-8-10-27-11-9-20)25(36)28-26(2,3)4/h6-11,23H,5,12-18H2,1-4H3,(H,28,36). The van der Waals surface area contributed by atoms with E-state index in [1.807, 2.05) is 33.8 Å². The van der Waals surface area contributed by atoms with Gasteiger partial charge in [0.2, 0.25) is 17.6 Å². The first kappa shape index (κ1) is 27.4. The number of aromatic nitrogens is 5. The second-order valence-corrected chi connectivity index (χ2v) is 10.4. The first-order valence-electron chi connectivity index (χ1n) is 12.9. The molecule has 12 heteroatoms. The van der Waals surface area contributed by atoms with Crippen LogP contribution in [0, 0.1) is 6.92 Å². The zero-order valence-electron chi connectivity index (χ0n) is 22.5. The fourth-order valence-electron chi connectivity index (χ4n) is 4.32. The molecule has 1 N–H and O–H groups in total. The molecule has 1 aliphatic rings. The van der Waals surface area contributed by atoms with E-state index in [9.17, 15) is 9.59 Å². The smallest absolute Gasteiger partial charge is 0.247 e. The van der Waals surface area contributed by atoms with Crippen molar-refractivity contribution in [2.75, 3.05) is 39.4 Å². The molecule has 0 saturated carbocycles. The van der Waals surface area contributed by atoms with E-state index in [1.54, 1.807) is 35.5 Å². The lowest BCUT2D eigenvalue weighted by molar-refractivity contribution is -0.142. The lowest BCUT2D eigenvalue weighted by Gasteiger charge is -2.34. The van der Waals surface area contributed by atoms with E-state index >= 15 is 0 Å². The summed E-state index contributed by atoms with van der Waals surface area (Å²) < 4.78 is 11.0. The Bertz CT molecular complexity index is 1200. The summed E-state index contributed by atoms with van der Waals surface area (Å²) in [4.78, 5) is 36.6. The van der Waals surface area contributed by atoms with Gasteiger partial charge in [-0.1, -0.05) is 0 Å². The van der Waals surface area contributed by atoms with Crippen LogP contribution in [0.3, 0.4) is 0 Å². The lowest BCUT2D eigenvalue weighted by Crippen LogP contribution is -2.50. The van der Waals surface area contributed by atoms with Gasteiger partial charge in [-0.2, -0.15) is 4.80 Å². The Kier molecular flexibility index (Phi) is 8.85. The maximum atomic E-state index is 13.8. The summed E-state index contributed by atoms with van der Waals surface area (Å²) in [6, 6.07) is 6.25. The van der Waals surface area contributed by atoms with Crippen molar-refractivity contribution in [2.24, 2.45) is 0 Å². The Labute approximate surface area is 222 Å². The van der Waals surface area contributed by atoms with Crippen molar-refractivity contribution in [3.05, 3.63) is 48.0 Å². The number of furan rings is 1. The quantitative estimate of drug-likeness (QED) is 0.422. The van der Waals surface area contributed by atoms with Crippen LogP contribution in [0.25, 0.3) is 11.6 Å². The number of carbonyl (C=O) groups is 2. The molecule has 0 spiro atoms. The second kappa shape index (κ2) is 12.3. The molecule has 1 saturated heterocycles. The molecule has 0 aromatic carbocycles. The summed E-state index contributed by atoms with van der Waals surface area (Å²) in [6.07, 6.45) is 3.94. The SMILES string of the molecule is Cc1ccc(-c2nnn(CC(=O)N(CCCN3CCOCC3)C(C(=O)NC(C)(C)C)c3ccncc3)n2)o1. The molecule has 4 heterocycles. The molecule has 1 unspecified atom stereocenters. The maximum Gasteiger partial charge on any atom is 0.247 e. The number of ether oxygens (including phenoxy) is 1. The van der Waals surface area contributed by atoms with Crippen LogP contribution in [-0.4, -0.2) is 91.7 Å². The largest absolute Gasteiger partial charge is 0.458 e. The minimum Gasteiger partial charge on any atom is -0.458 e. The molecule has 204 valence electrons. The third-order valence-electron chi connectivity index (χ3n) is 6.07. The summed E-state index contributed by atoms with van der Waals surface area (Å²) >= 11 is 0. The molecule has 2 amide bonds. The maximum absolute atomic E-state index is 13.8. The number of nitrogens with one attached hydrogen (secondary N) is 1. The Morgan fingerprint density at radius 2 is 1.87 bits per heavy atom. The van der Waals surface area contributed by atoms with Gasteiger partial charge in [0.05, 0.1) is 13.2 Å². The van der Waals surface area contributed by atoms with Crippen molar-refractivity contribution in [1.29, 1.82) is 0 Å². The predicted octanol–water partition coefficient (Wildman–Crippen LogP) is 1.84. The number of rotatable bonds is 10. The van der Waals surface area contributed by atoms with Crippen molar-refractivity contribution >= 4 is 11.8 Å². The number of tetrazole rings is 1. The fourth-order valence-corrected chi connectivity index (χ4v) is 4.32. The van der Waals surface area contributed by atoms with Gasteiger partial charge in [0.25, 0.3) is 0 Å². The molecule has 1 atom stereocenters. The molecule has 4 rings (SSSR count). The van der Waals surface area contributed by atoms with Crippen molar-refractivity contribution in [3.63, 3.8) is 0 Å². The van der Waals surface area contributed by atoms with Crippen LogP contribution < -0.4 is 5.32 Å². The van der Waals surface area contributed by atoms with Crippen LogP contribution in [0.4, 0.5) is 0 Å². The number of aryl methyl sites for hydroxylation is 1. The molecule has 12 nitrogen and oxygen atoms in total. The summed E-state index contributed by atoms with van der Waals surface area (Å²) in [6.45, 7) is 11.7. The van der Waals surface area contributed by atoms with E-state index in [1.165, 1.54) is 4.80 Å². The van der Waals surface area contributed by atoms with Crippen LogP contribution >= 0.6 is 0 Å². The van der Waals surface area contributed by atoms with Gasteiger partial charge in [-0.05, 0) is 69.2 Å². The number of hydrogen-bond acceptors (Lipinski definition) is 9. The molecular formula is C26H36N8O4. The summed E-state index contributed by atoms with van der Waals surface area (Å²) in [5.74, 6) is 0.937. The zero-order chi connectivity index (χ0) is 27.1. The van der Waals surface area contributed by atoms with Gasteiger partial charge in [-0.15, -0.1) is 10.2 Å². The van der Waals surface area contributed by atoms with Crippen LogP contribution in [0.1, 0.15) is 44.6 Å². The van der Waals surface area contributed by atoms with Gasteiger partial charge in [-0.3, -0.25) is 19.5 Å². The number of morpholine rings is 1. The molecule has 1 aliphatic heterocycles. The third-order valence-corrected chi connectivity index (χ3v) is 6.07. The number of nitrogens with zero attached hydrogens (tertiary/aromatic N) is 7. The number of hydrogen-bond donors (Lipinski definition) is 1. The monoisotopic (exact) mass is 524 g/mol. The third kappa shape index (κ3) is 7.45. The summed E-state index contributed by atoms with van der Waals surface area (Å²) in [7, 11) is 0.